The molecule has 5 aromatic rings. The third-order valence-corrected chi connectivity index (χ3v) is 7.86. The van der Waals surface area contributed by atoms with Crippen LogP contribution in [0.2, 0.25) is 0 Å². The molecule has 0 aliphatic rings. The van der Waals surface area contributed by atoms with Gasteiger partial charge in [-0.05, 0) is 59.7 Å². The van der Waals surface area contributed by atoms with Gasteiger partial charge in [-0.15, -0.1) is 11.3 Å². The zero-order chi connectivity index (χ0) is 25.9. The number of nitrogens with zero attached hydrogens (tertiary/aromatic N) is 4. The van der Waals surface area contributed by atoms with E-state index in [2.05, 4.69) is 23.4 Å². The van der Waals surface area contributed by atoms with Crippen LogP contribution in [0.4, 0.5) is 5.00 Å². The highest BCUT2D eigenvalue weighted by molar-refractivity contribution is 7.82. The maximum Gasteiger partial charge on any atom is 0.272 e. The Morgan fingerprint density at radius 1 is 1.08 bits per heavy atom. The monoisotopic (exact) mass is 530 g/mol. The smallest absolute Gasteiger partial charge is 0.272 e. The fourth-order valence-electron chi connectivity index (χ4n) is 4.35. The lowest BCUT2D eigenvalue weighted by atomic mass is 10.1. The lowest BCUT2D eigenvalue weighted by Gasteiger charge is -2.18. The van der Waals surface area contributed by atoms with Gasteiger partial charge in [0.25, 0.3) is 17.2 Å². The van der Waals surface area contributed by atoms with Crippen LogP contribution in [-0.2, 0) is 24.2 Å². The van der Waals surface area contributed by atoms with Crippen LogP contribution in [0.5, 0.6) is 0 Å². The SMILES string of the molecule is CCCc1nc2c(C)ccnc2n1Cc1ccc(-c2ccsc2N(C(=O)c2ccccc2)S(=O)O)cc1. The van der Waals surface area contributed by atoms with Crippen molar-refractivity contribution < 1.29 is 13.6 Å². The number of rotatable bonds is 8. The first-order chi connectivity index (χ1) is 18.0. The van der Waals surface area contributed by atoms with Crippen molar-refractivity contribution >= 4 is 44.7 Å². The molecule has 1 amide bonds. The molecule has 0 saturated carbocycles. The van der Waals surface area contributed by atoms with Crippen LogP contribution in [0.25, 0.3) is 22.3 Å². The van der Waals surface area contributed by atoms with Gasteiger partial charge in [-0.25, -0.2) is 14.2 Å². The third kappa shape index (κ3) is 4.98. The average Bonchev–Trinajstić information content (AvgIpc) is 3.51. The summed E-state index contributed by atoms with van der Waals surface area (Å²) in [5.41, 5.74) is 5.94. The van der Waals surface area contributed by atoms with E-state index in [1.165, 1.54) is 11.3 Å². The van der Waals surface area contributed by atoms with E-state index in [0.717, 1.165) is 56.4 Å². The molecule has 0 radical (unpaired) electrons. The molecule has 0 saturated heterocycles. The number of thiophene rings is 1. The van der Waals surface area contributed by atoms with Crippen LogP contribution in [0.1, 0.15) is 40.7 Å². The Morgan fingerprint density at radius 3 is 2.54 bits per heavy atom. The molecule has 3 aromatic heterocycles. The molecule has 37 heavy (non-hydrogen) atoms. The van der Waals surface area contributed by atoms with Crippen LogP contribution in [0.15, 0.2) is 78.3 Å². The van der Waals surface area contributed by atoms with Crippen LogP contribution in [-0.4, -0.2) is 29.2 Å². The lowest BCUT2D eigenvalue weighted by molar-refractivity contribution is 0.101. The maximum absolute atomic E-state index is 13.1. The highest BCUT2D eigenvalue weighted by atomic mass is 32.2. The molecule has 0 aliphatic carbocycles. The van der Waals surface area contributed by atoms with Crippen LogP contribution < -0.4 is 4.31 Å². The summed E-state index contributed by atoms with van der Waals surface area (Å²) in [5, 5.41) is 2.24. The minimum Gasteiger partial charge on any atom is -0.308 e. The van der Waals surface area contributed by atoms with E-state index in [1.807, 2.05) is 48.0 Å². The van der Waals surface area contributed by atoms with E-state index in [0.29, 0.717) is 17.1 Å². The fraction of sp³-hybridized carbons (Fsp3) is 0.179. The molecule has 1 unspecified atom stereocenters. The van der Waals surface area contributed by atoms with Gasteiger partial charge in [-0.2, -0.15) is 4.31 Å². The predicted molar refractivity (Wildman–Crippen MR) is 149 cm³/mol. The number of aromatic nitrogens is 3. The standard InChI is InChI=1S/C28H26N4O3S2/c1-3-7-24-30-25-19(2)14-16-29-26(25)31(24)18-20-10-12-21(13-11-20)23-15-17-36-28(23)32(37(34)35)27(33)22-8-5-4-6-9-22/h4-6,8-17H,3,7,18H2,1-2H3,(H,34,35). The molecule has 0 aliphatic heterocycles. The Bertz CT molecular complexity index is 1580. The number of imidazole rings is 1. The topological polar surface area (TPSA) is 88.3 Å². The number of amides is 1. The van der Waals surface area contributed by atoms with Gasteiger partial charge >= 0.3 is 0 Å². The van der Waals surface area contributed by atoms with E-state index < -0.39 is 17.2 Å². The highest BCUT2D eigenvalue weighted by Crippen LogP contribution is 2.37. The zero-order valence-electron chi connectivity index (χ0n) is 20.5. The quantitative estimate of drug-likeness (QED) is 0.240. The minimum atomic E-state index is -2.52. The molecule has 0 bridgehead atoms. The van der Waals surface area contributed by atoms with Crippen molar-refractivity contribution in [3.8, 4) is 11.1 Å². The first-order valence-corrected chi connectivity index (χ1v) is 13.9. The Hall–Kier alpha value is -3.66. The number of pyridine rings is 1. The second-order valence-corrected chi connectivity index (χ2v) is 10.4. The fourth-order valence-corrected chi connectivity index (χ4v) is 5.98. The van der Waals surface area contributed by atoms with E-state index in [9.17, 15) is 13.6 Å². The number of carbonyl (C=O) groups is 1. The van der Waals surface area contributed by atoms with Gasteiger partial charge in [0.1, 0.15) is 16.3 Å². The van der Waals surface area contributed by atoms with Gasteiger partial charge in [0.2, 0.25) is 0 Å². The summed E-state index contributed by atoms with van der Waals surface area (Å²) >= 11 is -1.26. The van der Waals surface area contributed by atoms with Gasteiger partial charge in [-0.3, -0.25) is 9.35 Å². The molecule has 7 nitrogen and oxygen atoms in total. The number of benzene rings is 2. The number of fused-ring (bicyclic) bond motifs is 1. The van der Waals surface area contributed by atoms with Gasteiger partial charge in [-0.1, -0.05) is 49.4 Å². The molecule has 1 N–H and O–H groups in total. The Balaban J connectivity index is 1.46. The second kappa shape index (κ2) is 10.8. The summed E-state index contributed by atoms with van der Waals surface area (Å²) in [6, 6.07) is 20.4. The molecule has 0 spiro atoms. The van der Waals surface area contributed by atoms with Crippen molar-refractivity contribution in [2.24, 2.45) is 0 Å². The average molecular weight is 531 g/mol. The van der Waals surface area contributed by atoms with E-state index >= 15 is 0 Å². The van der Waals surface area contributed by atoms with Crippen molar-refractivity contribution in [1.29, 1.82) is 0 Å². The van der Waals surface area contributed by atoms with Gasteiger partial charge in [0.05, 0.1) is 6.54 Å². The van der Waals surface area contributed by atoms with Crippen molar-refractivity contribution in [3.05, 3.63) is 101 Å². The molecule has 2 aromatic carbocycles. The van der Waals surface area contributed by atoms with Crippen LogP contribution in [0, 0.1) is 6.92 Å². The summed E-state index contributed by atoms with van der Waals surface area (Å²) in [5.74, 6) is 0.490. The van der Waals surface area contributed by atoms with Crippen molar-refractivity contribution in [3.63, 3.8) is 0 Å². The second-order valence-electron chi connectivity index (χ2n) is 8.70. The number of hydrogen-bond acceptors (Lipinski definition) is 5. The van der Waals surface area contributed by atoms with E-state index in [4.69, 9.17) is 4.98 Å². The summed E-state index contributed by atoms with van der Waals surface area (Å²) in [6.45, 7) is 4.83. The van der Waals surface area contributed by atoms with Gasteiger partial charge < -0.3 is 4.57 Å². The minimum absolute atomic E-state index is 0.346. The van der Waals surface area contributed by atoms with Crippen molar-refractivity contribution in [1.82, 2.24) is 14.5 Å². The first kappa shape index (κ1) is 25.0. The van der Waals surface area contributed by atoms with Crippen molar-refractivity contribution in [2.75, 3.05) is 4.31 Å². The summed E-state index contributed by atoms with van der Waals surface area (Å²) < 4.78 is 25.4. The maximum atomic E-state index is 13.1. The molecule has 5 rings (SSSR count). The van der Waals surface area contributed by atoms with Crippen LogP contribution in [0.3, 0.4) is 0 Å². The third-order valence-electron chi connectivity index (χ3n) is 6.18. The van der Waals surface area contributed by atoms with E-state index in [-0.39, 0.29) is 0 Å². The molecule has 9 heteroatoms. The molecule has 188 valence electrons. The van der Waals surface area contributed by atoms with E-state index in [1.54, 1.807) is 30.3 Å². The summed E-state index contributed by atoms with van der Waals surface area (Å²) in [4.78, 5) is 22.5. The number of aryl methyl sites for hydroxylation is 2. The van der Waals surface area contributed by atoms with Crippen LogP contribution >= 0.6 is 11.3 Å². The predicted octanol–water partition coefficient (Wildman–Crippen LogP) is 6.25. The van der Waals surface area contributed by atoms with Crippen molar-refractivity contribution in [2.45, 2.75) is 33.2 Å². The molecule has 1 atom stereocenters. The van der Waals surface area contributed by atoms with Gasteiger partial charge in [0.15, 0.2) is 5.65 Å². The summed E-state index contributed by atoms with van der Waals surface area (Å²) in [7, 11) is 0. The first-order valence-electron chi connectivity index (χ1n) is 12.0. The van der Waals surface area contributed by atoms with Gasteiger partial charge in [0, 0.05) is 23.7 Å². The molecule has 0 fully saturated rings. The highest BCUT2D eigenvalue weighted by Gasteiger charge is 2.27. The zero-order valence-corrected chi connectivity index (χ0v) is 22.1. The lowest BCUT2D eigenvalue weighted by Crippen LogP contribution is -2.32. The normalized spacial score (nSPS) is 12.1. The Labute approximate surface area is 221 Å². The number of anilines is 1. The Kier molecular flexibility index (Phi) is 7.27. The number of hydrogen-bond donors (Lipinski definition) is 1. The largest absolute Gasteiger partial charge is 0.308 e. The number of carbonyl (C=O) groups excluding carboxylic acids is 1. The molecular weight excluding hydrogens is 504 g/mol. The summed E-state index contributed by atoms with van der Waals surface area (Å²) in [6.07, 6.45) is 3.68. The molecular formula is C28H26N4O3S2. The Morgan fingerprint density at radius 2 is 1.84 bits per heavy atom. The molecule has 3 heterocycles.